The van der Waals surface area contributed by atoms with Crippen LogP contribution in [0.4, 0.5) is 0 Å². The molecule has 0 aromatic heterocycles. The first kappa shape index (κ1) is 22.5. The van der Waals surface area contributed by atoms with Gasteiger partial charge in [-0.3, -0.25) is 0 Å². The van der Waals surface area contributed by atoms with Gasteiger partial charge in [0.05, 0.1) is 0 Å². The molecule has 4 rings (SSSR count). The summed E-state index contributed by atoms with van der Waals surface area (Å²) in [7, 11) is -3.46. The van der Waals surface area contributed by atoms with E-state index < -0.39 is 16.6 Å². The molecule has 2 nitrogen and oxygen atoms in total. The lowest BCUT2D eigenvalue weighted by Gasteiger charge is -2.56. The summed E-state index contributed by atoms with van der Waals surface area (Å²) in [5.74, 6) is 3.95. The van der Waals surface area contributed by atoms with Crippen LogP contribution in [0.15, 0.2) is 24.3 Å². The molecule has 4 aliphatic carbocycles. The molecule has 1 fully saturated rings. The summed E-state index contributed by atoms with van der Waals surface area (Å²) in [5.41, 5.74) is 0. The van der Waals surface area contributed by atoms with Crippen LogP contribution in [0, 0.1) is 35.5 Å². The molecule has 6 unspecified atom stereocenters. The largest absolute Gasteiger partial charge is 0.417 e. The van der Waals surface area contributed by atoms with E-state index in [2.05, 4.69) is 92.0 Å². The van der Waals surface area contributed by atoms with E-state index >= 15 is 0 Å². The van der Waals surface area contributed by atoms with Crippen LogP contribution in [0.2, 0.25) is 36.3 Å². The fraction of sp³-hybridized carbons (Fsp3) is 0.833. The summed E-state index contributed by atoms with van der Waals surface area (Å²) < 4.78 is 13.5. The van der Waals surface area contributed by atoms with Crippen LogP contribution in [-0.2, 0) is 8.85 Å². The summed E-state index contributed by atoms with van der Waals surface area (Å²) in [4.78, 5) is 0. The maximum absolute atomic E-state index is 6.76. The second-order valence-corrected chi connectivity index (χ2v) is 22.2. The van der Waals surface area contributed by atoms with Gasteiger partial charge in [-0.25, -0.2) is 0 Å². The minimum atomic E-state index is -1.73. The van der Waals surface area contributed by atoms with E-state index in [4.69, 9.17) is 8.85 Å². The Morgan fingerprint density at radius 1 is 0.571 bits per heavy atom. The maximum Gasteiger partial charge on any atom is 0.191 e. The summed E-state index contributed by atoms with van der Waals surface area (Å²) in [6, 6.07) is 0. The molecule has 6 atom stereocenters. The molecule has 0 spiro atoms. The van der Waals surface area contributed by atoms with Crippen LogP contribution in [0.25, 0.3) is 0 Å². The number of hydrogen-bond acceptors (Lipinski definition) is 2. The molecule has 4 aliphatic rings. The Balaban J connectivity index is 1.76. The Bertz CT molecular complexity index is 582. The van der Waals surface area contributed by atoms with Crippen LogP contribution < -0.4 is 0 Å². The third-order valence-electron chi connectivity index (χ3n) is 8.87. The van der Waals surface area contributed by atoms with Crippen LogP contribution in [0.5, 0.6) is 0 Å². The van der Waals surface area contributed by atoms with Crippen molar-refractivity contribution < 1.29 is 8.85 Å². The summed E-state index contributed by atoms with van der Waals surface area (Å²) in [5, 5.41) is 0.533. The molecule has 0 aromatic rings. The van der Waals surface area contributed by atoms with Crippen LogP contribution in [0.3, 0.4) is 0 Å². The highest BCUT2D eigenvalue weighted by molar-refractivity contribution is 6.74. The predicted molar refractivity (Wildman–Crippen MR) is 126 cm³/mol. The lowest BCUT2D eigenvalue weighted by atomic mass is 9.50. The minimum absolute atomic E-state index is 0.266. The molecule has 0 N–H and O–H groups in total. The monoisotopic (exact) mass is 420 g/mol. The first-order valence-electron chi connectivity index (χ1n) is 11.3. The molecule has 1 saturated carbocycles. The van der Waals surface area contributed by atoms with Gasteiger partial charge in [0, 0.05) is 13.2 Å². The standard InChI is InChI=1S/C24H44O2Si2/c1-23(2,3)27(7,8)25-15-21-19-13-14-20(18-12-11-17(18)19)22(21)16-26-28(9,10)24(4,5)6/h11-14,17-22H,15-16H2,1-10H3. The van der Waals surface area contributed by atoms with Crippen molar-refractivity contribution in [1.82, 2.24) is 0 Å². The van der Waals surface area contributed by atoms with E-state index in [1.165, 1.54) is 0 Å². The SMILES string of the molecule is CC(C)(C)[Si](C)(C)OCC1C2C=CC(C3C=CC32)C1CO[Si](C)(C)C(C)(C)C. The van der Waals surface area contributed by atoms with Gasteiger partial charge in [-0.05, 0) is 71.8 Å². The van der Waals surface area contributed by atoms with Crippen LogP contribution in [0.1, 0.15) is 41.5 Å². The smallest absolute Gasteiger partial charge is 0.191 e. The van der Waals surface area contributed by atoms with Crippen LogP contribution in [-0.4, -0.2) is 29.8 Å². The van der Waals surface area contributed by atoms with Gasteiger partial charge in [-0.15, -0.1) is 0 Å². The predicted octanol–water partition coefficient (Wildman–Crippen LogP) is 6.88. The summed E-state index contributed by atoms with van der Waals surface area (Å²) in [6.45, 7) is 25.4. The molecule has 0 amide bonds. The fourth-order valence-corrected chi connectivity index (χ4v) is 6.67. The first-order valence-corrected chi connectivity index (χ1v) is 17.1. The van der Waals surface area contributed by atoms with Crippen LogP contribution >= 0.6 is 0 Å². The molecular weight excluding hydrogens is 376 g/mol. The van der Waals surface area contributed by atoms with E-state index in [0.29, 0.717) is 23.7 Å². The highest BCUT2D eigenvalue weighted by atomic mass is 28.4. The Morgan fingerprint density at radius 2 is 0.857 bits per heavy atom. The zero-order valence-electron chi connectivity index (χ0n) is 20.0. The van der Waals surface area contributed by atoms with Gasteiger partial charge < -0.3 is 8.85 Å². The Hall–Kier alpha value is -0.166. The normalized spacial score (nSPS) is 35.1. The number of rotatable bonds is 6. The molecule has 0 aliphatic heterocycles. The van der Waals surface area contributed by atoms with Gasteiger partial charge in [-0.2, -0.15) is 0 Å². The molecule has 28 heavy (non-hydrogen) atoms. The number of fused-ring (bicyclic) bond motifs is 1. The third kappa shape index (κ3) is 3.91. The molecule has 0 radical (unpaired) electrons. The van der Waals surface area contributed by atoms with Crippen molar-refractivity contribution >= 4 is 16.6 Å². The summed E-state index contributed by atoms with van der Waals surface area (Å²) >= 11 is 0. The second kappa shape index (κ2) is 7.21. The van der Waals surface area contributed by atoms with Gasteiger partial charge in [0.1, 0.15) is 0 Å². The van der Waals surface area contributed by atoms with Crippen molar-refractivity contribution in [3.05, 3.63) is 24.3 Å². The topological polar surface area (TPSA) is 18.5 Å². The molecule has 2 bridgehead atoms. The maximum atomic E-state index is 6.76. The molecular formula is C24H44O2Si2. The van der Waals surface area contributed by atoms with Crippen molar-refractivity contribution in [2.75, 3.05) is 13.2 Å². The molecule has 4 heteroatoms. The lowest BCUT2D eigenvalue weighted by molar-refractivity contribution is -0.0187. The highest BCUT2D eigenvalue weighted by Crippen LogP contribution is 2.56. The zero-order chi connectivity index (χ0) is 21.1. The highest BCUT2D eigenvalue weighted by Gasteiger charge is 2.53. The van der Waals surface area contributed by atoms with E-state index in [1.54, 1.807) is 0 Å². The molecule has 0 heterocycles. The number of allylic oxidation sites excluding steroid dienone is 4. The van der Waals surface area contributed by atoms with Gasteiger partial charge in [0.25, 0.3) is 0 Å². The molecule has 0 saturated heterocycles. The van der Waals surface area contributed by atoms with Crippen molar-refractivity contribution in [2.45, 2.75) is 77.8 Å². The van der Waals surface area contributed by atoms with Gasteiger partial charge in [-0.1, -0.05) is 65.8 Å². The first-order chi connectivity index (χ1) is 12.7. The Kier molecular flexibility index (Phi) is 5.80. The summed E-state index contributed by atoms with van der Waals surface area (Å²) in [6.07, 6.45) is 9.93. The molecule has 0 aromatic carbocycles. The van der Waals surface area contributed by atoms with E-state index in [0.717, 1.165) is 25.0 Å². The lowest BCUT2D eigenvalue weighted by Crippen LogP contribution is -2.55. The van der Waals surface area contributed by atoms with E-state index in [1.807, 2.05) is 0 Å². The molecule has 160 valence electrons. The van der Waals surface area contributed by atoms with E-state index in [-0.39, 0.29) is 10.1 Å². The van der Waals surface area contributed by atoms with Crippen molar-refractivity contribution in [1.29, 1.82) is 0 Å². The van der Waals surface area contributed by atoms with Crippen molar-refractivity contribution in [3.63, 3.8) is 0 Å². The van der Waals surface area contributed by atoms with E-state index in [9.17, 15) is 0 Å². The number of hydrogen-bond donors (Lipinski definition) is 0. The Labute approximate surface area is 176 Å². The van der Waals surface area contributed by atoms with Gasteiger partial charge in [0.2, 0.25) is 0 Å². The van der Waals surface area contributed by atoms with Gasteiger partial charge in [0.15, 0.2) is 16.6 Å². The average Bonchev–Trinajstić information content (AvgIpc) is 2.49. The zero-order valence-corrected chi connectivity index (χ0v) is 22.0. The van der Waals surface area contributed by atoms with Crippen molar-refractivity contribution in [3.8, 4) is 0 Å². The quantitative estimate of drug-likeness (QED) is 0.344. The minimum Gasteiger partial charge on any atom is -0.417 e. The fourth-order valence-electron chi connectivity index (χ4n) is 4.59. The third-order valence-corrected chi connectivity index (χ3v) is 17.9. The average molecular weight is 421 g/mol. The van der Waals surface area contributed by atoms with Crippen molar-refractivity contribution in [2.24, 2.45) is 35.5 Å². The Morgan fingerprint density at radius 3 is 1.11 bits per heavy atom. The van der Waals surface area contributed by atoms with Gasteiger partial charge >= 0.3 is 0 Å². The second-order valence-electron chi connectivity index (χ2n) is 12.5.